The predicted molar refractivity (Wildman–Crippen MR) is 125 cm³/mol. The molecule has 0 spiro atoms. The van der Waals surface area contributed by atoms with Crippen molar-refractivity contribution in [3.8, 4) is 0 Å². The van der Waals surface area contributed by atoms with E-state index in [0.29, 0.717) is 12.5 Å². The van der Waals surface area contributed by atoms with Crippen molar-refractivity contribution in [2.24, 2.45) is 10.7 Å². The fraction of sp³-hybridized carbons (Fsp3) is 0.381. The molecule has 1 aliphatic rings. The molecule has 0 radical (unpaired) electrons. The Morgan fingerprint density at radius 3 is 2.21 bits per heavy atom. The van der Waals surface area contributed by atoms with Crippen LogP contribution in [0, 0.1) is 5.82 Å². The van der Waals surface area contributed by atoms with Gasteiger partial charge in [0.2, 0.25) is 0 Å². The Bertz CT molecular complexity index is 743. The van der Waals surface area contributed by atoms with Gasteiger partial charge in [-0.15, -0.1) is 24.0 Å². The molecule has 3 rings (SSSR count). The fourth-order valence-electron chi connectivity index (χ4n) is 3.37. The molecule has 1 aliphatic heterocycles. The van der Waals surface area contributed by atoms with Gasteiger partial charge in [-0.2, -0.15) is 0 Å². The molecule has 2 aromatic rings. The largest absolute Gasteiger partial charge is 0.370 e. The maximum atomic E-state index is 13.1. The predicted octanol–water partition coefficient (Wildman–Crippen LogP) is 3.18. The van der Waals surface area contributed by atoms with Crippen LogP contribution >= 0.6 is 24.0 Å². The van der Waals surface area contributed by atoms with Crippen LogP contribution < -0.4 is 10.6 Å². The van der Waals surface area contributed by atoms with Gasteiger partial charge in [-0.3, -0.25) is 4.99 Å². The highest BCUT2D eigenvalue weighted by atomic mass is 127. The van der Waals surface area contributed by atoms with Crippen molar-refractivity contribution < 1.29 is 4.39 Å². The molecule has 7 heteroatoms. The van der Waals surface area contributed by atoms with E-state index in [9.17, 15) is 4.39 Å². The molecule has 0 saturated carbocycles. The molecule has 152 valence electrons. The molecule has 0 bridgehead atoms. The van der Waals surface area contributed by atoms with Crippen LogP contribution in [-0.2, 0) is 0 Å². The van der Waals surface area contributed by atoms with Crippen LogP contribution in [0.3, 0.4) is 0 Å². The fourth-order valence-corrected chi connectivity index (χ4v) is 3.37. The normalized spacial score (nSPS) is 16.1. The summed E-state index contributed by atoms with van der Waals surface area (Å²) in [5.74, 6) is 0.388. The number of guanidine groups is 1. The summed E-state index contributed by atoms with van der Waals surface area (Å²) in [6.45, 7) is 3.94. The number of halogens is 2. The summed E-state index contributed by atoms with van der Waals surface area (Å²) in [6, 6.07) is 17.2. The third kappa shape index (κ3) is 5.81. The van der Waals surface area contributed by atoms with E-state index in [2.05, 4.69) is 45.9 Å². The van der Waals surface area contributed by atoms with Crippen LogP contribution in [0.25, 0.3) is 0 Å². The summed E-state index contributed by atoms with van der Waals surface area (Å²) in [7, 11) is 4.12. The maximum Gasteiger partial charge on any atom is 0.191 e. The lowest BCUT2D eigenvalue weighted by molar-refractivity contribution is 0.304. The lowest BCUT2D eigenvalue weighted by Crippen LogP contribution is -2.51. The van der Waals surface area contributed by atoms with Gasteiger partial charge < -0.3 is 20.4 Å². The monoisotopic (exact) mass is 497 g/mol. The number of nitrogens with two attached hydrogens (primary N) is 1. The van der Waals surface area contributed by atoms with Crippen molar-refractivity contribution in [3.05, 3.63) is 66.0 Å². The van der Waals surface area contributed by atoms with Crippen molar-refractivity contribution in [2.45, 2.75) is 6.04 Å². The molecule has 1 unspecified atom stereocenters. The topological polar surface area (TPSA) is 48.1 Å². The highest BCUT2D eigenvalue weighted by Crippen LogP contribution is 2.19. The standard InChI is InChI=1S/C21H28FN5.HI/c1-25(2)20(17-6-4-3-5-7-17)16-24-21(23)27-14-12-26(13-15-27)19-10-8-18(22)9-11-19;/h3-11,20H,12-16H2,1-2H3,(H2,23,24);1H. The Kier molecular flexibility index (Phi) is 8.50. The van der Waals surface area contributed by atoms with E-state index < -0.39 is 0 Å². The van der Waals surface area contributed by atoms with Gasteiger partial charge in [-0.05, 0) is 43.9 Å². The van der Waals surface area contributed by atoms with Crippen molar-refractivity contribution in [1.29, 1.82) is 0 Å². The van der Waals surface area contributed by atoms with Gasteiger partial charge in [0.15, 0.2) is 5.96 Å². The summed E-state index contributed by atoms with van der Waals surface area (Å²) >= 11 is 0. The molecular weight excluding hydrogens is 468 g/mol. The molecule has 1 heterocycles. The zero-order valence-electron chi connectivity index (χ0n) is 16.5. The molecule has 0 aliphatic carbocycles. The molecule has 1 saturated heterocycles. The zero-order valence-corrected chi connectivity index (χ0v) is 18.8. The third-order valence-electron chi connectivity index (χ3n) is 5.03. The smallest absolute Gasteiger partial charge is 0.191 e. The lowest BCUT2D eigenvalue weighted by atomic mass is 10.1. The minimum absolute atomic E-state index is 0. The van der Waals surface area contributed by atoms with Gasteiger partial charge in [0.1, 0.15) is 5.82 Å². The van der Waals surface area contributed by atoms with Crippen LogP contribution in [0.4, 0.5) is 10.1 Å². The second-order valence-corrected chi connectivity index (χ2v) is 7.04. The SMILES string of the molecule is CN(C)C(CN=C(N)N1CCN(c2ccc(F)cc2)CC1)c1ccccc1.I. The van der Waals surface area contributed by atoms with Gasteiger partial charge in [-0.25, -0.2) is 4.39 Å². The van der Waals surface area contributed by atoms with Crippen molar-refractivity contribution >= 4 is 35.6 Å². The Morgan fingerprint density at radius 1 is 1.04 bits per heavy atom. The van der Waals surface area contributed by atoms with Gasteiger partial charge >= 0.3 is 0 Å². The van der Waals surface area contributed by atoms with Gasteiger partial charge in [0.05, 0.1) is 12.6 Å². The van der Waals surface area contributed by atoms with E-state index in [-0.39, 0.29) is 35.8 Å². The third-order valence-corrected chi connectivity index (χ3v) is 5.03. The van der Waals surface area contributed by atoms with E-state index in [1.54, 1.807) is 0 Å². The number of hydrogen-bond acceptors (Lipinski definition) is 3. The summed E-state index contributed by atoms with van der Waals surface area (Å²) in [5.41, 5.74) is 8.55. The molecule has 0 aromatic heterocycles. The first-order valence-electron chi connectivity index (χ1n) is 9.31. The second kappa shape index (κ2) is 10.6. The van der Waals surface area contributed by atoms with Crippen molar-refractivity contribution in [3.63, 3.8) is 0 Å². The van der Waals surface area contributed by atoms with E-state index in [1.165, 1.54) is 17.7 Å². The minimum Gasteiger partial charge on any atom is -0.370 e. The van der Waals surface area contributed by atoms with Crippen LogP contribution in [0.5, 0.6) is 0 Å². The molecule has 5 nitrogen and oxygen atoms in total. The molecule has 0 amide bonds. The van der Waals surface area contributed by atoms with Gasteiger partial charge in [0, 0.05) is 31.9 Å². The van der Waals surface area contributed by atoms with Crippen LogP contribution in [0.2, 0.25) is 0 Å². The number of aliphatic imine (C=N–C) groups is 1. The number of likely N-dealkylation sites (N-methyl/N-ethyl adjacent to an activating group) is 1. The average Bonchev–Trinajstić information content (AvgIpc) is 2.69. The quantitative estimate of drug-likeness (QED) is 0.392. The molecule has 2 N–H and O–H groups in total. The first-order valence-corrected chi connectivity index (χ1v) is 9.31. The lowest BCUT2D eigenvalue weighted by Gasteiger charge is -2.36. The zero-order chi connectivity index (χ0) is 19.2. The average molecular weight is 497 g/mol. The maximum absolute atomic E-state index is 13.1. The minimum atomic E-state index is -0.206. The summed E-state index contributed by atoms with van der Waals surface area (Å²) in [4.78, 5) is 11.2. The first kappa shape index (κ1) is 22.4. The Morgan fingerprint density at radius 2 is 1.64 bits per heavy atom. The Labute approximate surface area is 184 Å². The number of nitrogens with zero attached hydrogens (tertiary/aromatic N) is 4. The number of benzene rings is 2. The van der Waals surface area contributed by atoms with Crippen molar-refractivity contribution in [1.82, 2.24) is 9.80 Å². The molecule has 1 fully saturated rings. The van der Waals surface area contributed by atoms with Crippen LogP contribution in [-0.4, -0.2) is 62.6 Å². The van der Waals surface area contributed by atoms with E-state index >= 15 is 0 Å². The summed E-state index contributed by atoms with van der Waals surface area (Å²) in [6.07, 6.45) is 0. The second-order valence-electron chi connectivity index (χ2n) is 7.04. The van der Waals surface area contributed by atoms with Crippen LogP contribution in [0.1, 0.15) is 11.6 Å². The van der Waals surface area contributed by atoms with E-state index in [4.69, 9.17) is 5.73 Å². The highest BCUT2D eigenvalue weighted by Gasteiger charge is 2.19. The number of hydrogen-bond donors (Lipinski definition) is 1. The molecular formula is C21H29FIN5. The van der Waals surface area contributed by atoms with Gasteiger partial charge in [0.25, 0.3) is 0 Å². The van der Waals surface area contributed by atoms with E-state index in [0.717, 1.165) is 31.9 Å². The van der Waals surface area contributed by atoms with E-state index in [1.807, 2.05) is 30.3 Å². The molecule has 2 aromatic carbocycles. The number of piperazine rings is 1. The summed E-state index contributed by atoms with van der Waals surface area (Å²) < 4.78 is 13.1. The first-order chi connectivity index (χ1) is 13.0. The number of anilines is 1. The Hall–Kier alpha value is -1.87. The molecule has 28 heavy (non-hydrogen) atoms. The molecule has 1 atom stereocenters. The van der Waals surface area contributed by atoms with Crippen molar-refractivity contribution in [2.75, 3.05) is 51.7 Å². The van der Waals surface area contributed by atoms with Gasteiger partial charge in [-0.1, -0.05) is 30.3 Å². The van der Waals surface area contributed by atoms with Crippen LogP contribution in [0.15, 0.2) is 59.6 Å². The highest BCUT2D eigenvalue weighted by molar-refractivity contribution is 14.0. The summed E-state index contributed by atoms with van der Waals surface area (Å²) in [5, 5.41) is 0. The number of rotatable bonds is 5. The Balaban J connectivity index is 0.00000280.